The van der Waals surface area contributed by atoms with Crippen molar-refractivity contribution in [3.8, 4) is 11.5 Å². The number of ether oxygens (including phenoxy) is 2. The Balaban J connectivity index is 1.98. The SMILES string of the molecule is CN(C)CCn1c(=O)c2c3c(ccc2c2ccc4ccccc4c21)OCO3. The molecule has 0 fully saturated rings. The van der Waals surface area contributed by atoms with Crippen molar-refractivity contribution >= 4 is 32.4 Å². The molecule has 0 amide bonds. The van der Waals surface area contributed by atoms with Gasteiger partial charge in [-0.3, -0.25) is 4.79 Å². The molecule has 5 rings (SSSR count). The summed E-state index contributed by atoms with van der Waals surface area (Å²) >= 11 is 0. The van der Waals surface area contributed by atoms with Gasteiger partial charge in [-0.05, 0) is 31.6 Å². The molecule has 0 spiro atoms. The first-order valence-corrected chi connectivity index (χ1v) is 9.06. The summed E-state index contributed by atoms with van der Waals surface area (Å²) < 4.78 is 13.1. The van der Waals surface area contributed by atoms with E-state index in [1.165, 1.54) is 0 Å². The van der Waals surface area contributed by atoms with Crippen LogP contribution < -0.4 is 15.0 Å². The fourth-order valence-corrected chi connectivity index (χ4v) is 3.92. The van der Waals surface area contributed by atoms with Crippen molar-refractivity contribution < 1.29 is 9.47 Å². The molecule has 0 saturated carbocycles. The van der Waals surface area contributed by atoms with Crippen molar-refractivity contribution in [2.24, 2.45) is 0 Å². The summed E-state index contributed by atoms with van der Waals surface area (Å²) in [6.07, 6.45) is 0. The summed E-state index contributed by atoms with van der Waals surface area (Å²) in [4.78, 5) is 15.7. The lowest BCUT2D eigenvalue weighted by Gasteiger charge is -2.18. The fourth-order valence-electron chi connectivity index (χ4n) is 3.92. The van der Waals surface area contributed by atoms with Crippen molar-refractivity contribution in [3.05, 3.63) is 58.9 Å². The minimum absolute atomic E-state index is 0.0296. The third kappa shape index (κ3) is 2.39. The lowest BCUT2D eigenvalue weighted by Crippen LogP contribution is -2.27. The van der Waals surface area contributed by atoms with E-state index in [0.717, 1.165) is 33.6 Å². The van der Waals surface area contributed by atoms with Gasteiger partial charge in [0.15, 0.2) is 11.5 Å². The van der Waals surface area contributed by atoms with E-state index in [9.17, 15) is 4.79 Å². The highest BCUT2D eigenvalue weighted by atomic mass is 16.7. The van der Waals surface area contributed by atoms with Gasteiger partial charge in [0, 0.05) is 29.2 Å². The first-order valence-electron chi connectivity index (χ1n) is 9.06. The topological polar surface area (TPSA) is 43.7 Å². The lowest BCUT2D eigenvalue weighted by atomic mass is 10.00. The third-order valence-corrected chi connectivity index (χ3v) is 5.23. The quantitative estimate of drug-likeness (QED) is 0.524. The molecule has 1 aliphatic rings. The monoisotopic (exact) mass is 360 g/mol. The van der Waals surface area contributed by atoms with Gasteiger partial charge < -0.3 is 18.9 Å². The highest BCUT2D eigenvalue weighted by Crippen LogP contribution is 2.40. The Labute approximate surface area is 156 Å². The fraction of sp³-hybridized carbons (Fsp3) is 0.227. The zero-order valence-electron chi connectivity index (χ0n) is 15.4. The number of hydrogen-bond acceptors (Lipinski definition) is 4. The highest BCUT2D eigenvalue weighted by Gasteiger charge is 2.23. The zero-order chi connectivity index (χ0) is 18.5. The lowest BCUT2D eigenvalue weighted by molar-refractivity contribution is 0.174. The summed E-state index contributed by atoms with van der Waals surface area (Å²) in [6, 6.07) is 16.3. The molecule has 4 aromatic rings. The Morgan fingerprint density at radius 2 is 1.78 bits per heavy atom. The maximum atomic E-state index is 13.6. The summed E-state index contributed by atoms with van der Waals surface area (Å²) in [7, 11) is 4.03. The smallest absolute Gasteiger partial charge is 0.262 e. The average Bonchev–Trinajstić information content (AvgIpc) is 3.15. The molecule has 5 heteroatoms. The molecule has 3 aromatic carbocycles. The second-order valence-corrected chi connectivity index (χ2v) is 7.16. The third-order valence-electron chi connectivity index (χ3n) is 5.23. The molecule has 136 valence electrons. The van der Waals surface area contributed by atoms with E-state index in [4.69, 9.17) is 9.47 Å². The number of fused-ring (bicyclic) bond motifs is 7. The molecule has 0 radical (unpaired) electrons. The van der Waals surface area contributed by atoms with Crippen LogP contribution in [0.4, 0.5) is 0 Å². The van der Waals surface area contributed by atoms with Crippen LogP contribution in [0.15, 0.2) is 53.3 Å². The van der Waals surface area contributed by atoms with Crippen molar-refractivity contribution in [1.29, 1.82) is 0 Å². The molecule has 0 N–H and O–H groups in total. The maximum absolute atomic E-state index is 13.6. The Hall–Kier alpha value is -3.05. The zero-order valence-corrected chi connectivity index (χ0v) is 15.4. The van der Waals surface area contributed by atoms with E-state index in [1.807, 2.05) is 42.9 Å². The Kier molecular flexibility index (Phi) is 3.58. The molecule has 0 bridgehead atoms. The van der Waals surface area contributed by atoms with Crippen LogP contribution in [0.3, 0.4) is 0 Å². The van der Waals surface area contributed by atoms with E-state index in [0.29, 0.717) is 23.4 Å². The normalized spacial score (nSPS) is 13.3. The summed E-state index contributed by atoms with van der Waals surface area (Å²) in [6.45, 7) is 1.54. The molecule has 5 nitrogen and oxygen atoms in total. The van der Waals surface area contributed by atoms with E-state index in [2.05, 4.69) is 29.2 Å². The number of pyridine rings is 1. The average molecular weight is 360 g/mol. The predicted octanol–water partition coefficient (Wildman–Crippen LogP) is 3.60. The Morgan fingerprint density at radius 1 is 0.963 bits per heavy atom. The molecular formula is C22H20N2O3. The number of hydrogen-bond donors (Lipinski definition) is 0. The van der Waals surface area contributed by atoms with Crippen LogP contribution in [0, 0.1) is 0 Å². The van der Waals surface area contributed by atoms with Gasteiger partial charge in [0.05, 0.1) is 10.9 Å². The van der Waals surface area contributed by atoms with Crippen LogP contribution in [-0.2, 0) is 6.54 Å². The standard InChI is InChI=1S/C22H20N2O3/c1-23(2)11-12-24-20-15-6-4-3-5-14(15)7-8-17(20)16-9-10-18-21(27-13-26-18)19(16)22(24)25/h3-10H,11-13H2,1-2H3. The molecule has 0 aliphatic carbocycles. The van der Waals surface area contributed by atoms with Gasteiger partial charge in [0.2, 0.25) is 6.79 Å². The first kappa shape index (κ1) is 16.1. The number of likely N-dealkylation sites (N-methyl/N-ethyl adjacent to an activating group) is 1. The van der Waals surface area contributed by atoms with Crippen LogP contribution in [-0.4, -0.2) is 36.9 Å². The minimum Gasteiger partial charge on any atom is -0.454 e. The molecule has 0 atom stereocenters. The second kappa shape index (κ2) is 5.99. The summed E-state index contributed by atoms with van der Waals surface area (Å²) in [5, 5.41) is 4.78. The van der Waals surface area contributed by atoms with Crippen LogP contribution in [0.1, 0.15) is 0 Å². The second-order valence-electron chi connectivity index (χ2n) is 7.16. The molecule has 0 saturated heterocycles. The van der Waals surface area contributed by atoms with Gasteiger partial charge in [-0.15, -0.1) is 0 Å². The van der Waals surface area contributed by atoms with Gasteiger partial charge in [-0.1, -0.05) is 36.4 Å². The Bertz CT molecular complexity index is 1260. The van der Waals surface area contributed by atoms with Crippen LogP contribution >= 0.6 is 0 Å². The first-order chi connectivity index (χ1) is 13.1. The van der Waals surface area contributed by atoms with Crippen molar-refractivity contribution in [2.75, 3.05) is 27.4 Å². The molecule has 1 aliphatic heterocycles. The predicted molar refractivity (Wildman–Crippen MR) is 108 cm³/mol. The number of benzene rings is 3. The van der Waals surface area contributed by atoms with E-state index >= 15 is 0 Å². The van der Waals surface area contributed by atoms with E-state index in [-0.39, 0.29) is 12.4 Å². The van der Waals surface area contributed by atoms with Crippen LogP contribution in [0.2, 0.25) is 0 Å². The van der Waals surface area contributed by atoms with Crippen LogP contribution in [0.5, 0.6) is 11.5 Å². The van der Waals surface area contributed by atoms with E-state index < -0.39 is 0 Å². The highest BCUT2D eigenvalue weighted by molar-refractivity contribution is 6.16. The van der Waals surface area contributed by atoms with Gasteiger partial charge in [0.1, 0.15) is 0 Å². The van der Waals surface area contributed by atoms with E-state index in [1.54, 1.807) is 0 Å². The Morgan fingerprint density at radius 3 is 2.63 bits per heavy atom. The molecule has 1 aromatic heterocycles. The number of nitrogens with zero attached hydrogens (tertiary/aromatic N) is 2. The minimum atomic E-state index is -0.0296. The van der Waals surface area contributed by atoms with Gasteiger partial charge in [-0.2, -0.15) is 0 Å². The van der Waals surface area contributed by atoms with Crippen LogP contribution in [0.25, 0.3) is 32.4 Å². The van der Waals surface area contributed by atoms with Crippen molar-refractivity contribution in [3.63, 3.8) is 0 Å². The molecular weight excluding hydrogens is 340 g/mol. The van der Waals surface area contributed by atoms with Crippen molar-refractivity contribution in [2.45, 2.75) is 6.54 Å². The summed E-state index contributed by atoms with van der Waals surface area (Å²) in [5.41, 5.74) is 0.948. The van der Waals surface area contributed by atoms with Gasteiger partial charge in [0.25, 0.3) is 5.56 Å². The van der Waals surface area contributed by atoms with Gasteiger partial charge >= 0.3 is 0 Å². The van der Waals surface area contributed by atoms with Gasteiger partial charge in [-0.25, -0.2) is 0 Å². The summed E-state index contributed by atoms with van der Waals surface area (Å²) in [5.74, 6) is 1.20. The number of rotatable bonds is 3. The largest absolute Gasteiger partial charge is 0.454 e. The molecule has 27 heavy (non-hydrogen) atoms. The molecule has 2 heterocycles. The number of aromatic nitrogens is 1. The van der Waals surface area contributed by atoms with Crippen molar-refractivity contribution in [1.82, 2.24) is 9.47 Å². The molecule has 0 unspecified atom stereocenters. The maximum Gasteiger partial charge on any atom is 0.262 e.